The Hall–Kier alpha value is -1.67. The van der Waals surface area contributed by atoms with Gasteiger partial charge in [0.25, 0.3) is 0 Å². The standard InChI is InChI=1S/C15H24N4O3S/c1-18(10-5-13-3-8-16-9-4-13)15(20)17-14-6-11-19(12-7-14)23(2,21)22/h3-4,8-9,14H,5-7,10-12H2,1-2H3,(H,17,20). The second kappa shape index (κ2) is 7.74. The molecule has 0 unspecified atom stereocenters. The van der Waals surface area contributed by atoms with Crippen molar-refractivity contribution in [3.63, 3.8) is 0 Å². The number of carbonyl (C=O) groups excluding carboxylic acids is 1. The second-order valence-electron chi connectivity index (χ2n) is 5.91. The van der Waals surface area contributed by atoms with Crippen molar-refractivity contribution in [2.45, 2.75) is 25.3 Å². The first kappa shape index (κ1) is 17.7. The van der Waals surface area contributed by atoms with Crippen LogP contribution in [-0.2, 0) is 16.4 Å². The number of aromatic nitrogens is 1. The van der Waals surface area contributed by atoms with Crippen LogP contribution in [0.2, 0.25) is 0 Å². The van der Waals surface area contributed by atoms with Gasteiger partial charge in [-0.15, -0.1) is 0 Å². The van der Waals surface area contributed by atoms with E-state index in [9.17, 15) is 13.2 Å². The maximum atomic E-state index is 12.2. The summed E-state index contributed by atoms with van der Waals surface area (Å²) in [5.41, 5.74) is 1.14. The maximum Gasteiger partial charge on any atom is 0.317 e. The van der Waals surface area contributed by atoms with Gasteiger partial charge < -0.3 is 10.2 Å². The van der Waals surface area contributed by atoms with Gasteiger partial charge in [0.1, 0.15) is 0 Å². The van der Waals surface area contributed by atoms with Crippen molar-refractivity contribution in [1.82, 2.24) is 19.5 Å². The van der Waals surface area contributed by atoms with Crippen molar-refractivity contribution >= 4 is 16.1 Å². The number of piperidine rings is 1. The third-order valence-electron chi connectivity index (χ3n) is 4.08. The average molecular weight is 340 g/mol. The fourth-order valence-electron chi connectivity index (χ4n) is 2.56. The highest BCUT2D eigenvalue weighted by atomic mass is 32.2. The highest BCUT2D eigenvalue weighted by Crippen LogP contribution is 2.13. The average Bonchev–Trinajstić information content (AvgIpc) is 2.53. The highest BCUT2D eigenvalue weighted by molar-refractivity contribution is 7.88. The van der Waals surface area contributed by atoms with Crippen molar-refractivity contribution in [2.24, 2.45) is 0 Å². The van der Waals surface area contributed by atoms with Crippen LogP contribution in [0.4, 0.5) is 4.79 Å². The van der Waals surface area contributed by atoms with Gasteiger partial charge in [-0.05, 0) is 37.0 Å². The number of sulfonamides is 1. The van der Waals surface area contributed by atoms with Gasteiger partial charge in [-0.1, -0.05) is 0 Å². The lowest BCUT2D eigenvalue weighted by atomic mass is 10.1. The minimum absolute atomic E-state index is 0.0314. The summed E-state index contributed by atoms with van der Waals surface area (Å²) < 4.78 is 24.4. The van der Waals surface area contributed by atoms with E-state index in [0.717, 1.165) is 12.0 Å². The monoisotopic (exact) mass is 340 g/mol. The zero-order valence-electron chi connectivity index (χ0n) is 13.6. The summed E-state index contributed by atoms with van der Waals surface area (Å²) in [5.74, 6) is 0. The maximum absolute atomic E-state index is 12.2. The van der Waals surface area contributed by atoms with Gasteiger partial charge in [-0.3, -0.25) is 4.98 Å². The first-order valence-corrected chi connectivity index (χ1v) is 9.57. The van der Waals surface area contributed by atoms with Crippen molar-refractivity contribution in [2.75, 3.05) is 32.9 Å². The van der Waals surface area contributed by atoms with Gasteiger partial charge in [0.2, 0.25) is 10.0 Å². The first-order chi connectivity index (χ1) is 10.9. The number of likely N-dealkylation sites (N-methyl/N-ethyl adjacent to an activating group) is 1. The molecule has 1 aliphatic heterocycles. The summed E-state index contributed by atoms with van der Waals surface area (Å²) in [6.07, 6.45) is 6.78. The molecule has 7 nitrogen and oxygen atoms in total. The Morgan fingerprint density at radius 2 is 1.96 bits per heavy atom. The van der Waals surface area contributed by atoms with Gasteiger partial charge in [0.05, 0.1) is 6.26 Å². The van der Waals surface area contributed by atoms with Crippen LogP contribution in [0.5, 0.6) is 0 Å². The number of pyridine rings is 1. The molecule has 0 radical (unpaired) electrons. The molecule has 1 aromatic rings. The molecule has 1 saturated heterocycles. The normalized spacial score (nSPS) is 17.0. The topological polar surface area (TPSA) is 82.6 Å². The Morgan fingerprint density at radius 3 is 2.52 bits per heavy atom. The lowest BCUT2D eigenvalue weighted by Gasteiger charge is -2.31. The van der Waals surface area contributed by atoms with Crippen molar-refractivity contribution in [1.29, 1.82) is 0 Å². The second-order valence-corrected chi connectivity index (χ2v) is 7.90. The van der Waals surface area contributed by atoms with Crippen molar-refractivity contribution in [3.05, 3.63) is 30.1 Å². The van der Waals surface area contributed by atoms with Gasteiger partial charge in [0, 0.05) is 45.1 Å². The quantitative estimate of drug-likeness (QED) is 0.855. The molecule has 1 N–H and O–H groups in total. The van der Waals surface area contributed by atoms with Crippen LogP contribution in [0, 0.1) is 0 Å². The Kier molecular flexibility index (Phi) is 5.95. The van der Waals surface area contributed by atoms with Crippen LogP contribution in [0.15, 0.2) is 24.5 Å². The summed E-state index contributed by atoms with van der Waals surface area (Å²) >= 11 is 0. The molecular weight excluding hydrogens is 316 g/mol. The van der Waals surface area contributed by atoms with Crippen molar-refractivity contribution in [3.8, 4) is 0 Å². The van der Waals surface area contributed by atoms with Crippen LogP contribution < -0.4 is 5.32 Å². The molecule has 128 valence electrons. The molecule has 23 heavy (non-hydrogen) atoms. The van der Waals surface area contributed by atoms with Crippen LogP contribution in [-0.4, -0.2) is 67.6 Å². The molecule has 1 aromatic heterocycles. The van der Waals surface area contributed by atoms with E-state index in [1.165, 1.54) is 10.6 Å². The molecule has 1 fully saturated rings. The number of rotatable bonds is 5. The molecular formula is C15H24N4O3S. The zero-order valence-corrected chi connectivity index (χ0v) is 14.4. The van der Waals surface area contributed by atoms with E-state index < -0.39 is 10.0 Å². The summed E-state index contributed by atoms with van der Waals surface area (Å²) in [5, 5.41) is 2.98. The number of nitrogens with zero attached hydrogens (tertiary/aromatic N) is 3. The van der Waals surface area contributed by atoms with Gasteiger partial charge in [-0.2, -0.15) is 0 Å². The van der Waals surface area contributed by atoms with E-state index in [1.54, 1.807) is 24.3 Å². The van der Waals surface area contributed by atoms with Crippen LogP contribution in [0.3, 0.4) is 0 Å². The number of hydrogen-bond acceptors (Lipinski definition) is 4. The summed E-state index contributed by atoms with van der Waals surface area (Å²) in [6, 6.07) is 3.79. The summed E-state index contributed by atoms with van der Waals surface area (Å²) in [6.45, 7) is 1.55. The molecule has 2 heterocycles. The SMILES string of the molecule is CN(CCc1ccncc1)C(=O)NC1CCN(S(C)(=O)=O)CC1. The highest BCUT2D eigenvalue weighted by Gasteiger charge is 2.26. The van der Waals surface area contributed by atoms with Crippen LogP contribution in [0.25, 0.3) is 0 Å². The molecule has 2 rings (SSSR count). The minimum atomic E-state index is -3.13. The molecule has 8 heteroatoms. The Morgan fingerprint density at radius 1 is 1.35 bits per heavy atom. The number of nitrogens with one attached hydrogen (secondary N) is 1. The fourth-order valence-corrected chi connectivity index (χ4v) is 3.44. The first-order valence-electron chi connectivity index (χ1n) is 7.72. The number of hydrogen-bond donors (Lipinski definition) is 1. The summed E-state index contributed by atoms with van der Waals surface area (Å²) in [7, 11) is -1.36. The number of carbonyl (C=O) groups is 1. The predicted molar refractivity (Wildman–Crippen MR) is 88.5 cm³/mol. The van der Waals surface area contributed by atoms with Crippen LogP contribution in [0.1, 0.15) is 18.4 Å². The van der Waals surface area contributed by atoms with E-state index in [-0.39, 0.29) is 12.1 Å². The van der Waals surface area contributed by atoms with E-state index in [1.807, 2.05) is 12.1 Å². The predicted octanol–water partition coefficient (Wildman–Crippen LogP) is 0.690. The lowest BCUT2D eigenvalue weighted by molar-refractivity contribution is 0.198. The molecule has 0 spiro atoms. The molecule has 1 aliphatic rings. The third kappa shape index (κ3) is 5.47. The van der Waals surface area contributed by atoms with Gasteiger partial charge in [-0.25, -0.2) is 17.5 Å². The fraction of sp³-hybridized carbons (Fsp3) is 0.600. The molecule has 0 saturated carbocycles. The van der Waals surface area contributed by atoms with Crippen molar-refractivity contribution < 1.29 is 13.2 Å². The number of amides is 2. The van der Waals surface area contributed by atoms with E-state index in [4.69, 9.17) is 0 Å². The molecule has 0 aromatic carbocycles. The smallest absolute Gasteiger partial charge is 0.317 e. The third-order valence-corrected chi connectivity index (χ3v) is 5.39. The Bertz CT molecular complexity index is 613. The molecule has 0 aliphatic carbocycles. The summed E-state index contributed by atoms with van der Waals surface area (Å²) in [4.78, 5) is 17.8. The van der Waals surface area contributed by atoms with E-state index in [0.29, 0.717) is 32.5 Å². The van der Waals surface area contributed by atoms with E-state index in [2.05, 4.69) is 10.3 Å². The van der Waals surface area contributed by atoms with E-state index >= 15 is 0 Å². The number of urea groups is 1. The minimum Gasteiger partial charge on any atom is -0.335 e. The Balaban J connectivity index is 1.74. The largest absolute Gasteiger partial charge is 0.335 e. The molecule has 0 bridgehead atoms. The van der Waals surface area contributed by atoms with Gasteiger partial charge in [0.15, 0.2) is 0 Å². The molecule has 2 amide bonds. The zero-order chi connectivity index (χ0) is 16.9. The van der Waals surface area contributed by atoms with Gasteiger partial charge >= 0.3 is 6.03 Å². The lowest BCUT2D eigenvalue weighted by Crippen LogP contribution is -2.49. The molecule has 0 atom stereocenters. The van der Waals surface area contributed by atoms with Crippen LogP contribution >= 0.6 is 0 Å². The Labute approximate surface area is 137 Å².